The molecule has 0 aliphatic carbocycles. The van der Waals surface area contributed by atoms with Crippen molar-refractivity contribution in [3.05, 3.63) is 65.1 Å². The van der Waals surface area contributed by atoms with Gasteiger partial charge in [0, 0.05) is 37.0 Å². The number of hydrogen-bond donors (Lipinski definition) is 1. The Labute approximate surface area is 170 Å². The minimum absolute atomic E-state index is 0.0849. The van der Waals surface area contributed by atoms with E-state index in [1.54, 1.807) is 0 Å². The van der Waals surface area contributed by atoms with Gasteiger partial charge in [-0.15, -0.1) is 0 Å². The lowest BCUT2D eigenvalue weighted by Gasteiger charge is -2.32. The quantitative estimate of drug-likeness (QED) is 0.543. The number of H-pyrrole nitrogens is 1. The lowest BCUT2D eigenvalue weighted by atomic mass is 9.97. The number of nitrogens with zero attached hydrogens (tertiary/aromatic N) is 3. The maximum absolute atomic E-state index is 13.3. The predicted octanol–water partition coefficient (Wildman–Crippen LogP) is 4.69. The lowest BCUT2D eigenvalue weighted by Crippen LogP contribution is -2.39. The second-order valence-electron chi connectivity index (χ2n) is 8.33. The van der Waals surface area contributed by atoms with Gasteiger partial charge in [-0.1, -0.05) is 18.2 Å². The monoisotopic (exact) mass is 386 g/mol. The van der Waals surface area contributed by atoms with E-state index in [-0.39, 0.29) is 11.8 Å². The summed E-state index contributed by atoms with van der Waals surface area (Å²) in [6.07, 6.45) is 2.06. The van der Waals surface area contributed by atoms with Crippen molar-refractivity contribution in [2.75, 3.05) is 13.1 Å². The van der Waals surface area contributed by atoms with Crippen LogP contribution in [0.2, 0.25) is 0 Å². The molecule has 1 amide bonds. The van der Waals surface area contributed by atoms with Crippen LogP contribution >= 0.6 is 0 Å². The first kappa shape index (κ1) is 18.0. The topological polar surface area (TPSA) is 53.9 Å². The van der Waals surface area contributed by atoms with Crippen LogP contribution in [0, 0.1) is 13.8 Å². The molecule has 4 aromatic rings. The minimum atomic E-state index is 0.0849. The zero-order valence-corrected chi connectivity index (χ0v) is 17.2. The van der Waals surface area contributed by atoms with E-state index in [4.69, 9.17) is 4.98 Å². The van der Waals surface area contributed by atoms with Crippen LogP contribution in [0.5, 0.6) is 0 Å². The van der Waals surface area contributed by atoms with E-state index < -0.39 is 0 Å². The summed E-state index contributed by atoms with van der Waals surface area (Å²) < 4.78 is 2.18. The van der Waals surface area contributed by atoms with Crippen molar-refractivity contribution in [2.45, 2.75) is 32.6 Å². The van der Waals surface area contributed by atoms with E-state index in [2.05, 4.69) is 54.7 Å². The number of benzene rings is 2. The standard InChI is InChI=1S/C24H26N4O/c1-15-11-16(2)18-13-21(25-20(18)12-15)24(29)28-10-6-7-17(14-28)23-26-19-8-4-5-9-22(19)27(23)3/h4-5,8-9,11-13,17,25H,6-7,10,14H2,1-3H3/t17-/m0/s1. The number of carbonyl (C=O) groups is 1. The second-order valence-corrected chi connectivity index (χ2v) is 8.33. The summed E-state index contributed by atoms with van der Waals surface area (Å²) in [5.74, 6) is 1.42. The van der Waals surface area contributed by atoms with Crippen molar-refractivity contribution in [1.82, 2.24) is 19.4 Å². The van der Waals surface area contributed by atoms with Crippen LogP contribution in [0.25, 0.3) is 21.9 Å². The number of nitrogens with one attached hydrogen (secondary N) is 1. The average molecular weight is 386 g/mol. The van der Waals surface area contributed by atoms with Crippen LogP contribution < -0.4 is 0 Å². The molecule has 5 heteroatoms. The number of aryl methyl sites for hydroxylation is 3. The third-order valence-corrected chi connectivity index (χ3v) is 6.22. The summed E-state index contributed by atoms with van der Waals surface area (Å²) in [6.45, 7) is 5.69. The van der Waals surface area contributed by atoms with Crippen molar-refractivity contribution in [3.63, 3.8) is 0 Å². The molecular weight excluding hydrogens is 360 g/mol. The number of likely N-dealkylation sites (tertiary alicyclic amines) is 1. The molecule has 1 aliphatic rings. The Hall–Kier alpha value is -3.08. The van der Waals surface area contributed by atoms with Gasteiger partial charge in [0.05, 0.1) is 11.0 Å². The van der Waals surface area contributed by atoms with Crippen LogP contribution in [0.15, 0.2) is 42.5 Å². The van der Waals surface area contributed by atoms with Crippen LogP contribution in [0.1, 0.15) is 46.2 Å². The van der Waals surface area contributed by atoms with Gasteiger partial charge in [-0.3, -0.25) is 4.79 Å². The Morgan fingerprint density at radius 2 is 2.00 bits per heavy atom. The van der Waals surface area contributed by atoms with Crippen LogP contribution in [-0.4, -0.2) is 38.4 Å². The van der Waals surface area contributed by atoms with Crippen molar-refractivity contribution in [3.8, 4) is 0 Å². The minimum Gasteiger partial charge on any atom is -0.351 e. The predicted molar refractivity (Wildman–Crippen MR) is 116 cm³/mol. The molecule has 0 saturated carbocycles. The van der Waals surface area contributed by atoms with E-state index in [0.29, 0.717) is 12.2 Å². The Kier molecular flexibility index (Phi) is 4.19. The van der Waals surface area contributed by atoms with Gasteiger partial charge in [0.2, 0.25) is 0 Å². The number of para-hydroxylation sites is 2. The molecule has 148 valence electrons. The molecule has 29 heavy (non-hydrogen) atoms. The first-order valence-corrected chi connectivity index (χ1v) is 10.3. The maximum Gasteiger partial charge on any atom is 0.270 e. The van der Waals surface area contributed by atoms with Crippen LogP contribution in [0.4, 0.5) is 0 Å². The number of imidazole rings is 1. The van der Waals surface area contributed by atoms with Gasteiger partial charge < -0.3 is 14.5 Å². The number of hydrogen-bond acceptors (Lipinski definition) is 2. The molecule has 0 bridgehead atoms. The third-order valence-electron chi connectivity index (χ3n) is 6.22. The summed E-state index contributed by atoms with van der Waals surface area (Å²) in [5.41, 5.74) is 6.29. The highest BCUT2D eigenvalue weighted by Gasteiger charge is 2.29. The SMILES string of the molecule is Cc1cc(C)c2cc(C(=O)N3CCC[C@H](c4nc5ccccc5n4C)C3)[nH]c2c1. The summed E-state index contributed by atoms with van der Waals surface area (Å²) in [4.78, 5) is 23.5. The fraction of sp³-hybridized carbons (Fsp3) is 0.333. The number of aromatic amines is 1. The number of piperidine rings is 1. The Morgan fingerprint density at radius 3 is 2.83 bits per heavy atom. The second kappa shape index (κ2) is 6.76. The number of amides is 1. The number of carbonyl (C=O) groups excluding carboxylic acids is 1. The van der Waals surface area contributed by atoms with Crippen molar-refractivity contribution >= 4 is 27.8 Å². The largest absolute Gasteiger partial charge is 0.351 e. The van der Waals surface area contributed by atoms with Gasteiger partial charge >= 0.3 is 0 Å². The fourth-order valence-electron chi connectivity index (χ4n) is 4.79. The molecule has 0 spiro atoms. The smallest absolute Gasteiger partial charge is 0.270 e. The molecule has 1 fully saturated rings. The van der Waals surface area contributed by atoms with E-state index in [1.807, 2.05) is 23.1 Å². The van der Waals surface area contributed by atoms with E-state index in [0.717, 1.165) is 47.1 Å². The highest BCUT2D eigenvalue weighted by atomic mass is 16.2. The molecule has 1 aliphatic heterocycles. The summed E-state index contributed by atoms with van der Waals surface area (Å²) in [7, 11) is 2.08. The van der Waals surface area contributed by atoms with Gasteiger partial charge in [-0.25, -0.2) is 4.98 Å². The van der Waals surface area contributed by atoms with E-state index >= 15 is 0 Å². The summed E-state index contributed by atoms with van der Waals surface area (Å²) in [5, 5.41) is 1.13. The van der Waals surface area contributed by atoms with Crippen molar-refractivity contribution < 1.29 is 4.79 Å². The van der Waals surface area contributed by atoms with E-state index in [1.165, 1.54) is 11.1 Å². The third kappa shape index (κ3) is 3.01. The number of rotatable bonds is 2. The Balaban J connectivity index is 1.43. The van der Waals surface area contributed by atoms with Gasteiger partial charge in [0.25, 0.3) is 5.91 Å². The molecule has 0 radical (unpaired) electrons. The Bertz CT molecular complexity index is 1230. The zero-order valence-electron chi connectivity index (χ0n) is 17.2. The number of fused-ring (bicyclic) bond motifs is 2. The van der Waals surface area contributed by atoms with Gasteiger partial charge in [-0.2, -0.15) is 0 Å². The fourth-order valence-corrected chi connectivity index (χ4v) is 4.79. The summed E-state index contributed by atoms with van der Waals surface area (Å²) in [6, 6.07) is 14.5. The summed E-state index contributed by atoms with van der Waals surface area (Å²) >= 11 is 0. The molecule has 3 heterocycles. The molecular formula is C24H26N4O. The number of aromatic nitrogens is 3. The molecule has 1 N–H and O–H groups in total. The first-order chi connectivity index (χ1) is 14.0. The molecule has 2 aromatic carbocycles. The molecule has 0 unspecified atom stereocenters. The molecule has 1 saturated heterocycles. The molecule has 5 rings (SSSR count). The molecule has 2 aromatic heterocycles. The normalized spacial score (nSPS) is 17.3. The lowest BCUT2D eigenvalue weighted by molar-refractivity contribution is 0.0699. The van der Waals surface area contributed by atoms with Crippen molar-refractivity contribution in [2.24, 2.45) is 7.05 Å². The maximum atomic E-state index is 13.3. The zero-order chi connectivity index (χ0) is 20.1. The van der Waals surface area contributed by atoms with Gasteiger partial charge in [0.1, 0.15) is 11.5 Å². The average Bonchev–Trinajstić information content (AvgIpc) is 3.29. The highest BCUT2D eigenvalue weighted by Crippen LogP contribution is 2.30. The highest BCUT2D eigenvalue weighted by molar-refractivity contribution is 5.99. The van der Waals surface area contributed by atoms with Crippen molar-refractivity contribution in [1.29, 1.82) is 0 Å². The van der Waals surface area contributed by atoms with Gasteiger partial charge in [0.15, 0.2) is 0 Å². The molecule has 5 nitrogen and oxygen atoms in total. The molecule has 1 atom stereocenters. The van der Waals surface area contributed by atoms with E-state index in [9.17, 15) is 4.79 Å². The first-order valence-electron chi connectivity index (χ1n) is 10.3. The van der Waals surface area contributed by atoms with Gasteiger partial charge in [-0.05, 0) is 62.1 Å². The Morgan fingerprint density at radius 1 is 1.17 bits per heavy atom. The van der Waals surface area contributed by atoms with Crippen LogP contribution in [0.3, 0.4) is 0 Å². The van der Waals surface area contributed by atoms with Crippen LogP contribution in [-0.2, 0) is 7.05 Å².